The molecule has 0 rings (SSSR count). The van der Waals surface area contributed by atoms with Crippen molar-refractivity contribution in [3.63, 3.8) is 0 Å². The summed E-state index contributed by atoms with van der Waals surface area (Å²) in [6, 6.07) is 1.37. The second-order valence-electron chi connectivity index (χ2n) is 4.40. The Kier molecular flexibility index (Phi) is 13.0. The van der Waals surface area contributed by atoms with Gasteiger partial charge in [0.25, 0.3) is 0 Å². The number of aliphatic carboxylic acids is 1. The molecule has 5 heteroatoms. The minimum absolute atomic E-state index is 0.0440. The van der Waals surface area contributed by atoms with Gasteiger partial charge in [-0.25, -0.2) is 4.79 Å². The first-order chi connectivity index (χ1) is 8.84. The molecule has 0 fully saturated rings. The van der Waals surface area contributed by atoms with Gasteiger partial charge in [0.05, 0.1) is 6.61 Å². The molecule has 0 aliphatic rings. The minimum atomic E-state index is -1.26. The molecule has 108 valence electrons. The Morgan fingerprint density at radius 2 is 2.00 bits per heavy atom. The van der Waals surface area contributed by atoms with Crippen molar-refractivity contribution in [3.8, 4) is 6.07 Å². The van der Waals surface area contributed by atoms with E-state index >= 15 is 0 Å². The lowest BCUT2D eigenvalue weighted by Gasteiger charge is -2.05. The monoisotopic (exact) mass is 269 g/mol. The van der Waals surface area contributed by atoms with E-state index in [1.165, 1.54) is 6.07 Å². The van der Waals surface area contributed by atoms with Crippen molar-refractivity contribution in [1.29, 1.82) is 5.26 Å². The van der Waals surface area contributed by atoms with Gasteiger partial charge < -0.3 is 9.84 Å². The van der Waals surface area contributed by atoms with E-state index in [2.05, 4.69) is 27.4 Å². The fourth-order valence-electron chi connectivity index (χ4n) is 0.850. The van der Waals surface area contributed by atoms with Crippen molar-refractivity contribution < 1.29 is 19.4 Å². The van der Waals surface area contributed by atoms with Crippen molar-refractivity contribution >= 4 is 11.9 Å². The van der Waals surface area contributed by atoms with Crippen molar-refractivity contribution in [2.75, 3.05) is 6.61 Å². The van der Waals surface area contributed by atoms with Crippen LogP contribution in [0.5, 0.6) is 0 Å². The van der Waals surface area contributed by atoms with Gasteiger partial charge in [-0.05, 0) is 18.8 Å². The third kappa shape index (κ3) is 16.2. The van der Waals surface area contributed by atoms with E-state index in [0.717, 1.165) is 19.3 Å². The molecule has 0 unspecified atom stereocenters. The maximum atomic E-state index is 11.0. The average Bonchev–Trinajstić information content (AvgIpc) is 2.35. The third-order valence-electron chi connectivity index (χ3n) is 2.09. The fourth-order valence-corrected chi connectivity index (χ4v) is 0.850. The summed E-state index contributed by atoms with van der Waals surface area (Å²) in [5, 5.41) is 15.6. The van der Waals surface area contributed by atoms with Crippen LogP contribution in [0.25, 0.3) is 0 Å². The molecular formula is C14H23NO4. The first-order valence-electron chi connectivity index (χ1n) is 6.33. The molecule has 1 N–H and O–H groups in total. The molecule has 0 bridgehead atoms. The second kappa shape index (κ2) is 12.6. The molecule has 0 saturated heterocycles. The molecule has 0 atom stereocenters. The Morgan fingerprint density at radius 3 is 2.32 bits per heavy atom. The zero-order valence-corrected chi connectivity index (χ0v) is 11.9. The van der Waals surface area contributed by atoms with Crippen LogP contribution in [0.15, 0.2) is 12.2 Å². The molecule has 0 heterocycles. The van der Waals surface area contributed by atoms with Crippen molar-refractivity contribution in [3.05, 3.63) is 12.2 Å². The van der Waals surface area contributed by atoms with Gasteiger partial charge in [-0.2, -0.15) is 5.26 Å². The average molecular weight is 269 g/mol. The number of rotatable bonds is 7. The normalized spacial score (nSPS) is 9.00. The van der Waals surface area contributed by atoms with E-state index in [1.807, 2.05) is 0 Å². The molecule has 0 saturated carbocycles. The van der Waals surface area contributed by atoms with Crippen LogP contribution in [0.1, 0.15) is 46.5 Å². The van der Waals surface area contributed by atoms with Gasteiger partial charge in [0.2, 0.25) is 0 Å². The molecule has 0 aromatic rings. The Hall–Kier alpha value is -1.83. The van der Waals surface area contributed by atoms with Crippen LogP contribution in [0.4, 0.5) is 0 Å². The van der Waals surface area contributed by atoms with Crippen LogP contribution in [0, 0.1) is 17.2 Å². The Bertz CT molecular complexity index is 329. The maximum absolute atomic E-state index is 11.0. The number of carboxylic acid groups (broad SMARTS) is 1. The summed E-state index contributed by atoms with van der Waals surface area (Å²) in [4.78, 5) is 20.6. The highest BCUT2D eigenvalue weighted by Gasteiger charge is 2.01. The summed E-state index contributed by atoms with van der Waals surface area (Å²) in [6.07, 6.45) is 3.55. The van der Waals surface area contributed by atoms with E-state index < -0.39 is 11.5 Å². The molecule has 0 amide bonds. The Balaban J connectivity index is 0. The number of nitrogens with zero attached hydrogens (tertiary/aromatic N) is 1. The van der Waals surface area contributed by atoms with Gasteiger partial charge in [-0.3, -0.25) is 4.79 Å². The second-order valence-corrected chi connectivity index (χ2v) is 4.40. The van der Waals surface area contributed by atoms with Gasteiger partial charge in [0.1, 0.15) is 11.6 Å². The van der Waals surface area contributed by atoms with Crippen LogP contribution in [0.3, 0.4) is 0 Å². The summed E-state index contributed by atoms with van der Waals surface area (Å²) in [5.41, 5.74) is -0.431. The zero-order valence-electron chi connectivity index (χ0n) is 11.9. The largest absolute Gasteiger partial charge is 0.477 e. The molecular weight excluding hydrogens is 246 g/mol. The number of carboxylic acids is 1. The van der Waals surface area contributed by atoms with Crippen molar-refractivity contribution in [1.82, 2.24) is 0 Å². The Labute approximate surface area is 114 Å². The van der Waals surface area contributed by atoms with Crippen LogP contribution >= 0.6 is 0 Å². The van der Waals surface area contributed by atoms with E-state index in [0.29, 0.717) is 18.9 Å². The molecule has 0 aliphatic heterocycles. The molecule has 0 radical (unpaired) electrons. The first kappa shape index (κ1) is 19.5. The summed E-state index contributed by atoms with van der Waals surface area (Å²) < 4.78 is 5.02. The number of carbonyl (C=O) groups is 2. The van der Waals surface area contributed by atoms with Crippen molar-refractivity contribution in [2.45, 2.75) is 46.5 Å². The SMILES string of the molecule is C=C(C#N)C(=O)O.CCCCC(=O)OCCC(C)C. The lowest BCUT2D eigenvalue weighted by Crippen LogP contribution is -2.07. The highest BCUT2D eigenvalue weighted by atomic mass is 16.5. The number of esters is 1. The molecule has 19 heavy (non-hydrogen) atoms. The third-order valence-corrected chi connectivity index (χ3v) is 2.09. The topological polar surface area (TPSA) is 87.4 Å². The maximum Gasteiger partial charge on any atom is 0.345 e. The molecule has 0 aromatic carbocycles. The van der Waals surface area contributed by atoms with Crippen LogP contribution in [0.2, 0.25) is 0 Å². The summed E-state index contributed by atoms with van der Waals surface area (Å²) in [5.74, 6) is -0.691. The molecule has 5 nitrogen and oxygen atoms in total. The molecule has 0 aliphatic carbocycles. The zero-order chi connectivity index (χ0) is 15.3. The number of ether oxygens (including phenoxy) is 1. The van der Waals surface area contributed by atoms with E-state index in [4.69, 9.17) is 15.1 Å². The molecule has 0 spiro atoms. The van der Waals surface area contributed by atoms with E-state index in [1.54, 1.807) is 0 Å². The Morgan fingerprint density at radius 1 is 1.42 bits per heavy atom. The summed E-state index contributed by atoms with van der Waals surface area (Å²) >= 11 is 0. The van der Waals surface area contributed by atoms with Crippen molar-refractivity contribution in [2.24, 2.45) is 5.92 Å². The number of carbonyl (C=O) groups excluding carboxylic acids is 1. The van der Waals surface area contributed by atoms with Gasteiger partial charge in [0, 0.05) is 6.42 Å². The number of hydrogen-bond acceptors (Lipinski definition) is 4. The van der Waals surface area contributed by atoms with Crippen LogP contribution in [-0.4, -0.2) is 23.7 Å². The number of hydrogen-bond donors (Lipinski definition) is 1. The molecule has 0 aromatic heterocycles. The lowest BCUT2D eigenvalue weighted by atomic mass is 10.1. The number of unbranched alkanes of at least 4 members (excludes halogenated alkanes) is 1. The van der Waals surface area contributed by atoms with Gasteiger partial charge in [-0.15, -0.1) is 0 Å². The number of nitriles is 1. The first-order valence-corrected chi connectivity index (χ1v) is 6.33. The smallest absolute Gasteiger partial charge is 0.345 e. The van der Waals surface area contributed by atoms with Gasteiger partial charge in [0.15, 0.2) is 0 Å². The van der Waals surface area contributed by atoms with E-state index in [-0.39, 0.29) is 5.97 Å². The van der Waals surface area contributed by atoms with Crippen LogP contribution in [-0.2, 0) is 14.3 Å². The highest BCUT2D eigenvalue weighted by Crippen LogP contribution is 2.01. The fraction of sp³-hybridized carbons (Fsp3) is 0.643. The van der Waals surface area contributed by atoms with E-state index in [9.17, 15) is 9.59 Å². The van der Waals surface area contributed by atoms with Crippen LogP contribution < -0.4 is 0 Å². The van der Waals surface area contributed by atoms with Gasteiger partial charge in [-0.1, -0.05) is 33.8 Å². The van der Waals surface area contributed by atoms with Gasteiger partial charge >= 0.3 is 11.9 Å². The quantitative estimate of drug-likeness (QED) is 0.436. The predicted molar refractivity (Wildman–Crippen MR) is 72.3 cm³/mol. The highest BCUT2D eigenvalue weighted by molar-refractivity contribution is 5.90. The summed E-state index contributed by atoms with van der Waals surface area (Å²) in [7, 11) is 0. The minimum Gasteiger partial charge on any atom is -0.477 e. The standard InChI is InChI=1S/C10H20O2.C4H3NO2/c1-4-5-6-10(11)12-8-7-9(2)3;1-3(2-5)4(6)7/h9H,4-8H2,1-3H3;1H2,(H,6,7). The lowest BCUT2D eigenvalue weighted by molar-refractivity contribution is -0.144. The summed E-state index contributed by atoms with van der Waals surface area (Å²) in [6.45, 7) is 9.82. The predicted octanol–water partition coefficient (Wildman–Crippen LogP) is 2.92.